The molecule has 0 aromatic carbocycles. The lowest BCUT2D eigenvalue weighted by molar-refractivity contribution is -0.127. The molecule has 2 aromatic heterocycles. The van der Waals surface area contributed by atoms with Gasteiger partial charge in [0.2, 0.25) is 5.91 Å². The number of aryl methyl sites for hydroxylation is 1. The van der Waals surface area contributed by atoms with Crippen molar-refractivity contribution in [3.05, 3.63) is 58.5 Å². The molecule has 0 bridgehead atoms. The number of rotatable bonds is 7. The molecule has 7 heteroatoms. The highest BCUT2D eigenvalue weighted by molar-refractivity contribution is 7.99. The van der Waals surface area contributed by atoms with Crippen LogP contribution in [0.2, 0.25) is 0 Å². The Morgan fingerprint density at radius 2 is 2.27 bits per heavy atom. The standard InChI is InChI=1S/C19H23N3O3S/c1-2-21-11-10-17(23)20-19(21)26-14-18(24)22(13-16-9-6-12-25-16)15-7-4-3-5-8-15/h6-7,9-12H,2-5,8,13-14H2,1H3. The molecule has 0 radical (unpaired) electrons. The molecule has 1 aliphatic carbocycles. The van der Waals surface area contributed by atoms with Gasteiger partial charge in [-0.2, -0.15) is 4.98 Å². The van der Waals surface area contributed by atoms with E-state index in [1.165, 1.54) is 17.8 Å². The Kier molecular flexibility index (Phi) is 6.33. The van der Waals surface area contributed by atoms with Gasteiger partial charge in [-0.1, -0.05) is 17.8 Å². The van der Waals surface area contributed by atoms with E-state index in [1.807, 2.05) is 28.5 Å². The van der Waals surface area contributed by atoms with Crippen LogP contribution in [-0.2, 0) is 17.9 Å². The molecular weight excluding hydrogens is 350 g/mol. The van der Waals surface area contributed by atoms with Crippen LogP contribution in [0, 0.1) is 0 Å². The van der Waals surface area contributed by atoms with E-state index >= 15 is 0 Å². The van der Waals surface area contributed by atoms with Crippen molar-refractivity contribution in [1.29, 1.82) is 0 Å². The van der Waals surface area contributed by atoms with Gasteiger partial charge >= 0.3 is 0 Å². The Morgan fingerprint density at radius 1 is 1.38 bits per heavy atom. The summed E-state index contributed by atoms with van der Waals surface area (Å²) in [6, 6.07) is 5.14. The van der Waals surface area contributed by atoms with Crippen LogP contribution >= 0.6 is 11.8 Å². The van der Waals surface area contributed by atoms with E-state index in [-0.39, 0.29) is 17.2 Å². The monoisotopic (exact) mass is 373 g/mol. The Morgan fingerprint density at radius 3 is 2.96 bits per heavy atom. The van der Waals surface area contributed by atoms with Crippen molar-refractivity contribution in [2.45, 2.75) is 50.9 Å². The maximum absolute atomic E-state index is 12.9. The lowest BCUT2D eigenvalue weighted by Crippen LogP contribution is -2.32. The van der Waals surface area contributed by atoms with E-state index in [9.17, 15) is 9.59 Å². The third kappa shape index (κ3) is 4.66. The maximum Gasteiger partial charge on any atom is 0.273 e. The van der Waals surface area contributed by atoms with Gasteiger partial charge in [-0.3, -0.25) is 9.59 Å². The van der Waals surface area contributed by atoms with Crippen molar-refractivity contribution in [3.63, 3.8) is 0 Å². The second kappa shape index (κ2) is 8.89. The van der Waals surface area contributed by atoms with E-state index in [0.717, 1.165) is 37.1 Å². The summed E-state index contributed by atoms with van der Waals surface area (Å²) in [7, 11) is 0. The van der Waals surface area contributed by atoms with Crippen molar-refractivity contribution < 1.29 is 9.21 Å². The van der Waals surface area contributed by atoms with Crippen LogP contribution in [0.5, 0.6) is 0 Å². The van der Waals surface area contributed by atoms with E-state index in [0.29, 0.717) is 18.2 Å². The number of nitrogens with zero attached hydrogens (tertiary/aromatic N) is 3. The predicted octanol–water partition coefficient (Wildman–Crippen LogP) is 3.44. The first-order valence-electron chi connectivity index (χ1n) is 8.89. The molecule has 0 spiro atoms. The van der Waals surface area contributed by atoms with Crippen LogP contribution in [0.3, 0.4) is 0 Å². The zero-order valence-corrected chi connectivity index (χ0v) is 15.7. The number of furan rings is 1. The molecule has 0 unspecified atom stereocenters. The van der Waals surface area contributed by atoms with Gasteiger partial charge in [-0.25, -0.2) is 0 Å². The zero-order chi connectivity index (χ0) is 18.4. The topological polar surface area (TPSA) is 68.3 Å². The molecule has 3 rings (SSSR count). The molecule has 0 aliphatic heterocycles. The Balaban J connectivity index is 1.74. The largest absolute Gasteiger partial charge is 0.467 e. The van der Waals surface area contributed by atoms with E-state index in [4.69, 9.17) is 4.42 Å². The number of amides is 1. The highest BCUT2D eigenvalue weighted by atomic mass is 32.2. The van der Waals surface area contributed by atoms with Gasteiger partial charge in [0, 0.05) is 24.5 Å². The number of hydrogen-bond donors (Lipinski definition) is 0. The highest BCUT2D eigenvalue weighted by Crippen LogP contribution is 2.25. The van der Waals surface area contributed by atoms with Crippen LogP contribution < -0.4 is 5.56 Å². The summed E-state index contributed by atoms with van der Waals surface area (Å²) >= 11 is 1.30. The first kappa shape index (κ1) is 18.5. The van der Waals surface area contributed by atoms with E-state index in [2.05, 4.69) is 11.1 Å². The molecule has 1 amide bonds. The predicted molar refractivity (Wildman–Crippen MR) is 101 cm³/mol. The van der Waals surface area contributed by atoms with Gasteiger partial charge < -0.3 is 13.9 Å². The highest BCUT2D eigenvalue weighted by Gasteiger charge is 2.21. The van der Waals surface area contributed by atoms with Crippen LogP contribution in [0.4, 0.5) is 0 Å². The maximum atomic E-state index is 12.9. The van der Waals surface area contributed by atoms with Crippen molar-refractivity contribution in [3.8, 4) is 0 Å². The quantitative estimate of drug-likeness (QED) is 0.549. The van der Waals surface area contributed by atoms with Crippen LogP contribution in [0.25, 0.3) is 0 Å². The molecule has 138 valence electrons. The Hall–Kier alpha value is -2.28. The average Bonchev–Trinajstić information content (AvgIpc) is 3.18. The summed E-state index contributed by atoms with van der Waals surface area (Å²) in [6.07, 6.45) is 9.65. The molecule has 0 fully saturated rings. The average molecular weight is 373 g/mol. The van der Waals surface area contributed by atoms with Gasteiger partial charge in [0.1, 0.15) is 5.76 Å². The third-order valence-electron chi connectivity index (χ3n) is 4.32. The zero-order valence-electron chi connectivity index (χ0n) is 14.9. The second-order valence-corrected chi connectivity index (χ2v) is 7.07. The van der Waals surface area contributed by atoms with Gasteiger partial charge in [0.05, 0.1) is 18.6 Å². The summed E-state index contributed by atoms with van der Waals surface area (Å²) < 4.78 is 7.31. The third-order valence-corrected chi connectivity index (χ3v) is 5.30. The van der Waals surface area contributed by atoms with Crippen LogP contribution in [0.15, 0.2) is 56.8 Å². The van der Waals surface area contributed by atoms with E-state index < -0.39 is 0 Å². The molecule has 2 heterocycles. The lowest BCUT2D eigenvalue weighted by Gasteiger charge is -2.27. The summed E-state index contributed by atoms with van der Waals surface area (Å²) in [6.45, 7) is 3.11. The number of hydrogen-bond acceptors (Lipinski definition) is 5. The van der Waals surface area contributed by atoms with Crippen molar-refractivity contribution in [2.75, 3.05) is 5.75 Å². The fraction of sp³-hybridized carbons (Fsp3) is 0.421. The van der Waals surface area contributed by atoms with Crippen molar-refractivity contribution in [2.24, 2.45) is 0 Å². The first-order valence-corrected chi connectivity index (χ1v) is 9.88. The summed E-state index contributed by atoms with van der Waals surface area (Å²) in [5.74, 6) is 0.993. The minimum atomic E-state index is -0.285. The fourth-order valence-corrected chi connectivity index (χ4v) is 3.87. The first-order chi connectivity index (χ1) is 12.7. The smallest absolute Gasteiger partial charge is 0.273 e. The molecule has 2 aromatic rings. The number of carbonyl (C=O) groups is 1. The molecule has 6 nitrogen and oxygen atoms in total. The van der Waals surface area contributed by atoms with Gasteiger partial charge in [0.15, 0.2) is 5.16 Å². The van der Waals surface area contributed by atoms with Gasteiger partial charge in [-0.05, 0) is 44.7 Å². The Labute approximate surface area is 156 Å². The summed E-state index contributed by atoms with van der Waals surface area (Å²) in [4.78, 5) is 30.3. The number of allylic oxidation sites excluding steroid dienone is 2. The number of carbonyl (C=O) groups excluding carboxylic acids is 1. The lowest BCUT2D eigenvalue weighted by atomic mass is 10.0. The van der Waals surface area contributed by atoms with Crippen molar-refractivity contribution in [1.82, 2.24) is 14.5 Å². The molecular formula is C19H23N3O3S. The Bertz CT molecular complexity index is 827. The number of thioether (sulfide) groups is 1. The fourth-order valence-electron chi connectivity index (χ4n) is 2.95. The van der Waals surface area contributed by atoms with Crippen LogP contribution in [0.1, 0.15) is 38.4 Å². The normalized spacial score (nSPS) is 14.1. The minimum absolute atomic E-state index is 0.000283. The summed E-state index contributed by atoms with van der Waals surface area (Å²) in [5.41, 5.74) is 0.777. The molecule has 0 N–H and O–H groups in total. The SMILES string of the molecule is CCn1ccc(=O)nc1SCC(=O)N(Cc1ccco1)C1=CCCCC1. The van der Waals surface area contributed by atoms with Gasteiger partial charge in [0.25, 0.3) is 5.56 Å². The molecule has 0 saturated heterocycles. The molecule has 0 atom stereocenters. The van der Waals surface area contributed by atoms with Gasteiger partial charge in [-0.15, -0.1) is 0 Å². The molecule has 26 heavy (non-hydrogen) atoms. The second-order valence-electron chi connectivity index (χ2n) is 6.12. The van der Waals surface area contributed by atoms with Crippen LogP contribution in [-0.4, -0.2) is 26.1 Å². The van der Waals surface area contributed by atoms with E-state index in [1.54, 1.807) is 12.5 Å². The van der Waals surface area contributed by atoms with Crippen molar-refractivity contribution >= 4 is 17.7 Å². The molecule has 1 aliphatic rings. The minimum Gasteiger partial charge on any atom is -0.467 e. The molecule has 0 saturated carbocycles. The summed E-state index contributed by atoms with van der Waals surface area (Å²) in [5, 5.41) is 0.573. The number of aromatic nitrogens is 2.